The second-order valence-corrected chi connectivity index (χ2v) is 3.12. The van der Waals surface area contributed by atoms with Crippen molar-refractivity contribution in [3.8, 4) is 12.3 Å². The van der Waals surface area contributed by atoms with Crippen LogP contribution in [0.1, 0.15) is 0 Å². The molecule has 1 amide bonds. The SMILES string of the molecule is C#CCN1CCOC(CNC(=O)O)C1. The Morgan fingerprint density at radius 1 is 1.79 bits per heavy atom. The highest BCUT2D eigenvalue weighted by Crippen LogP contribution is 2.03. The zero-order valence-corrected chi connectivity index (χ0v) is 7.90. The summed E-state index contributed by atoms with van der Waals surface area (Å²) in [6, 6.07) is 0. The maximum Gasteiger partial charge on any atom is 0.404 e. The number of hydrogen-bond acceptors (Lipinski definition) is 3. The molecule has 78 valence electrons. The van der Waals surface area contributed by atoms with Crippen LogP contribution in [-0.2, 0) is 4.74 Å². The van der Waals surface area contributed by atoms with Crippen molar-refractivity contribution in [2.24, 2.45) is 0 Å². The molecule has 1 unspecified atom stereocenters. The van der Waals surface area contributed by atoms with Crippen molar-refractivity contribution in [1.29, 1.82) is 0 Å². The van der Waals surface area contributed by atoms with E-state index in [1.54, 1.807) is 0 Å². The van der Waals surface area contributed by atoms with Crippen LogP contribution >= 0.6 is 0 Å². The predicted octanol–water partition coefficient (Wildman–Crippen LogP) is -0.412. The van der Waals surface area contributed by atoms with Gasteiger partial charge in [-0.05, 0) is 0 Å². The Labute approximate surface area is 83.0 Å². The molecule has 1 atom stereocenters. The zero-order valence-electron chi connectivity index (χ0n) is 7.90. The number of amides is 1. The number of ether oxygens (including phenoxy) is 1. The summed E-state index contributed by atoms with van der Waals surface area (Å²) in [7, 11) is 0. The number of hydrogen-bond donors (Lipinski definition) is 2. The van der Waals surface area contributed by atoms with Gasteiger partial charge in [0.05, 0.1) is 19.3 Å². The molecule has 1 aliphatic rings. The summed E-state index contributed by atoms with van der Waals surface area (Å²) in [4.78, 5) is 12.3. The first-order valence-corrected chi connectivity index (χ1v) is 4.46. The summed E-state index contributed by atoms with van der Waals surface area (Å²) in [6.07, 6.45) is 4.07. The Hall–Kier alpha value is -1.25. The van der Waals surface area contributed by atoms with Crippen LogP contribution in [0.4, 0.5) is 4.79 Å². The highest BCUT2D eigenvalue weighted by Gasteiger charge is 2.19. The summed E-state index contributed by atoms with van der Waals surface area (Å²) in [6.45, 7) is 3.01. The molecule has 0 saturated carbocycles. The summed E-state index contributed by atoms with van der Waals surface area (Å²) in [5, 5.41) is 10.7. The van der Waals surface area contributed by atoms with Gasteiger partial charge in [0.1, 0.15) is 0 Å². The van der Waals surface area contributed by atoms with Crippen molar-refractivity contribution in [3.63, 3.8) is 0 Å². The average molecular weight is 198 g/mol. The molecule has 2 N–H and O–H groups in total. The van der Waals surface area contributed by atoms with Crippen LogP contribution in [-0.4, -0.2) is 55.0 Å². The molecule has 1 fully saturated rings. The van der Waals surface area contributed by atoms with Gasteiger partial charge in [0.15, 0.2) is 0 Å². The van der Waals surface area contributed by atoms with Crippen molar-refractivity contribution in [2.45, 2.75) is 6.10 Å². The van der Waals surface area contributed by atoms with E-state index in [0.29, 0.717) is 26.2 Å². The average Bonchev–Trinajstić information content (AvgIpc) is 2.16. The summed E-state index contributed by atoms with van der Waals surface area (Å²) < 4.78 is 5.37. The lowest BCUT2D eigenvalue weighted by Crippen LogP contribution is -2.47. The number of nitrogens with zero attached hydrogens (tertiary/aromatic N) is 1. The van der Waals surface area contributed by atoms with Crippen LogP contribution in [0, 0.1) is 12.3 Å². The Bertz CT molecular complexity index is 237. The molecule has 5 heteroatoms. The number of terminal acetylenes is 1. The Kier molecular flexibility index (Phi) is 4.23. The first kappa shape index (κ1) is 10.8. The lowest BCUT2D eigenvalue weighted by Gasteiger charge is -2.31. The summed E-state index contributed by atoms with van der Waals surface area (Å²) >= 11 is 0. The first-order valence-electron chi connectivity index (χ1n) is 4.46. The van der Waals surface area contributed by atoms with Crippen LogP contribution in [0.25, 0.3) is 0 Å². The predicted molar refractivity (Wildman–Crippen MR) is 51.0 cm³/mol. The van der Waals surface area contributed by atoms with Gasteiger partial charge < -0.3 is 15.2 Å². The smallest absolute Gasteiger partial charge is 0.404 e. The third-order valence-corrected chi connectivity index (χ3v) is 2.02. The number of carboxylic acid groups (broad SMARTS) is 1. The van der Waals surface area contributed by atoms with Gasteiger partial charge in [0, 0.05) is 19.6 Å². The highest BCUT2D eigenvalue weighted by molar-refractivity contribution is 5.64. The van der Waals surface area contributed by atoms with Crippen molar-refractivity contribution in [1.82, 2.24) is 10.2 Å². The van der Waals surface area contributed by atoms with Gasteiger partial charge in [0.2, 0.25) is 0 Å². The van der Waals surface area contributed by atoms with E-state index in [1.165, 1.54) is 0 Å². The molecule has 14 heavy (non-hydrogen) atoms. The molecular weight excluding hydrogens is 184 g/mol. The van der Waals surface area contributed by atoms with E-state index in [9.17, 15) is 4.79 Å². The standard InChI is InChI=1S/C9H14N2O3/c1-2-3-11-4-5-14-8(7-11)6-10-9(12)13/h1,8,10H,3-7H2,(H,12,13). The summed E-state index contributed by atoms with van der Waals surface area (Å²) in [5.41, 5.74) is 0. The lowest BCUT2D eigenvalue weighted by atomic mass is 10.2. The Morgan fingerprint density at radius 3 is 3.21 bits per heavy atom. The van der Waals surface area contributed by atoms with Gasteiger partial charge in [-0.3, -0.25) is 4.90 Å². The van der Waals surface area contributed by atoms with Crippen molar-refractivity contribution in [3.05, 3.63) is 0 Å². The molecule has 1 heterocycles. The van der Waals surface area contributed by atoms with Crippen molar-refractivity contribution in [2.75, 3.05) is 32.8 Å². The lowest BCUT2D eigenvalue weighted by molar-refractivity contribution is -0.0218. The summed E-state index contributed by atoms with van der Waals surface area (Å²) in [5.74, 6) is 2.56. The van der Waals surface area contributed by atoms with Crippen LogP contribution in [0.5, 0.6) is 0 Å². The van der Waals surface area contributed by atoms with Crippen LogP contribution in [0.3, 0.4) is 0 Å². The van der Waals surface area contributed by atoms with Gasteiger partial charge in [-0.2, -0.15) is 0 Å². The topological polar surface area (TPSA) is 61.8 Å². The normalized spacial score (nSPS) is 22.6. The number of nitrogens with one attached hydrogen (secondary N) is 1. The van der Waals surface area contributed by atoms with Crippen LogP contribution < -0.4 is 5.32 Å². The second kappa shape index (κ2) is 5.47. The molecule has 0 bridgehead atoms. The molecule has 0 aliphatic carbocycles. The maximum atomic E-state index is 10.2. The number of morpholine rings is 1. The quantitative estimate of drug-likeness (QED) is 0.605. The molecule has 1 saturated heterocycles. The third-order valence-electron chi connectivity index (χ3n) is 2.02. The van der Waals surface area contributed by atoms with E-state index in [2.05, 4.69) is 16.1 Å². The molecule has 1 aliphatic heterocycles. The van der Waals surface area contributed by atoms with Gasteiger partial charge in [-0.1, -0.05) is 5.92 Å². The minimum absolute atomic E-state index is 0.0896. The van der Waals surface area contributed by atoms with Gasteiger partial charge in [-0.25, -0.2) is 4.79 Å². The van der Waals surface area contributed by atoms with E-state index in [4.69, 9.17) is 16.3 Å². The fourth-order valence-corrected chi connectivity index (χ4v) is 1.38. The second-order valence-electron chi connectivity index (χ2n) is 3.12. The fourth-order valence-electron chi connectivity index (χ4n) is 1.38. The van der Waals surface area contributed by atoms with Gasteiger partial charge in [-0.15, -0.1) is 6.42 Å². The first-order chi connectivity index (χ1) is 6.72. The Balaban J connectivity index is 2.26. The maximum absolute atomic E-state index is 10.2. The molecule has 0 aromatic rings. The monoisotopic (exact) mass is 198 g/mol. The molecule has 0 aromatic carbocycles. The van der Waals surface area contributed by atoms with Crippen molar-refractivity contribution < 1.29 is 14.6 Å². The van der Waals surface area contributed by atoms with E-state index < -0.39 is 6.09 Å². The highest BCUT2D eigenvalue weighted by atomic mass is 16.5. The molecule has 0 aromatic heterocycles. The fraction of sp³-hybridized carbons (Fsp3) is 0.667. The molecule has 0 spiro atoms. The largest absolute Gasteiger partial charge is 0.465 e. The van der Waals surface area contributed by atoms with E-state index in [1.807, 2.05) is 0 Å². The Morgan fingerprint density at radius 2 is 2.57 bits per heavy atom. The molecule has 1 rings (SSSR count). The van der Waals surface area contributed by atoms with Crippen molar-refractivity contribution >= 4 is 6.09 Å². The van der Waals surface area contributed by atoms with E-state index in [-0.39, 0.29) is 6.10 Å². The molecule has 5 nitrogen and oxygen atoms in total. The third kappa shape index (κ3) is 3.64. The van der Waals surface area contributed by atoms with E-state index in [0.717, 1.165) is 6.54 Å². The minimum atomic E-state index is -1.03. The van der Waals surface area contributed by atoms with Crippen LogP contribution in [0.2, 0.25) is 0 Å². The number of rotatable bonds is 3. The molecule has 0 radical (unpaired) electrons. The van der Waals surface area contributed by atoms with Gasteiger partial charge >= 0.3 is 6.09 Å². The minimum Gasteiger partial charge on any atom is -0.465 e. The van der Waals surface area contributed by atoms with E-state index >= 15 is 0 Å². The molecular formula is C9H14N2O3. The van der Waals surface area contributed by atoms with Crippen LogP contribution in [0.15, 0.2) is 0 Å². The number of carbonyl (C=O) groups is 1. The van der Waals surface area contributed by atoms with Gasteiger partial charge in [0.25, 0.3) is 0 Å². The zero-order chi connectivity index (χ0) is 10.4.